The summed E-state index contributed by atoms with van der Waals surface area (Å²) in [5, 5.41) is 12.9. The molecule has 0 bridgehead atoms. The van der Waals surface area contributed by atoms with Crippen molar-refractivity contribution in [3.05, 3.63) is 34.1 Å². The van der Waals surface area contributed by atoms with Gasteiger partial charge < -0.3 is 24.5 Å². The molecule has 2 aromatic rings. The normalized spacial score (nSPS) is 10.4. The van der Waals surface area contributed by atoms with E-state index in [1.54, 1.807) is 18.2 Å². The van der Waals surface area contributed by atoms with Gasteiger partial charge in [-0.1, -0.05) is 6.07 Å². The predicted octanol–water partition coefficient (Wildman–Crippen LogP) is 0.155. The number of ether oxygens (including phenoxy) is 2. The number of methoxy groups -OCH3 is 2. The first-order valence-electron chi connectivity index (χ1n) is 6.66. The third kappa shape index (κ3) is 2.83. The second-order valence-corrected chi connectivity index (χ2v) is 4.70. The molecule has 1 heterocycles. The molecule has 8 heteroatoms. The highest BCUT2D eigenvalue weighted by molar-refractivity contribution is 6.04. The van der Waals surface area contributed by atoms with Crippen LogP contribution in [0, 0.1) is 0 Å². The molecule has 0 unspecified atom stereocenters. The van der Waals surface area contributed by atoms with Crippen LogP contribution in [0.5, 0.6) is 11.5 Å². The van der Waals surface area contributed by atoms with E-state index in [2.05, 4.69) is 10.1 Å². The second kappa shape index (κ2) is 6.39. The molecule has 8 nitrogen and oxygen atoms in total. The third-order valence-electron chi connectivity index (χ3n) is 3.43. The van der Waals surface area contributed by atoms with E-state index in [0.29, 0.717) is 11.3 Å². The lowest BCUT2D eigenvalue weighted by molar-refractivity contribution is -0.139. The highest BCUT2D eigenvalue weighted by Crippen LogP contribution is 2.33. The number of nitrogens with zero attached hydrogens (tertiary/aromatic N) is 1. The zero-order valence-electron chi connectivity index (χ0n) is 12.9. The highest BCUT2D eigenvalue weighted by atomic mass is 16.5. The van der Waals surface area contributed by atoms with Gasteiger partial charge in [0.2, 0.25) is 0 Å². The average molecular weight is 320 g/mol. The van der Waals surface area contributed by atoms with Crippen molar-refractivity contribution in [2.75, 3.05) is 20.8 Å². The Morgan fingerprint density at radius 2 is 2.00 bits per heavy atom. The van der Waals surface area contributed by atoms with E-state index in [4.69, 9.17) is 4.74 Å². The smallest absolute Gasteiger partial charge is 0.325 e. The van der Waals surface area contributed by atoms with Crippen molar-refractivity contribution in [1.82, 2.24) is 9.88 Å². The molecule has 0 fully saturated rings. The van der Waals surface area contributed by atoms with Crippen molar-refractivity contribution in [2.24, 2.45) is 7.05 Å². The van der Waals surface area contributed by atoms with Crippen molar-refractivity contribution in [3.8, 4) is 11.5 Å². The fourth-order valence-electron chi connectivity index (χ4n) is 2.23. The highest BCUT2D eigenvalue weighted by Gasteiger charge is 2.23. The lowest BCUT2D eigenvalue weighted by atomic mass is 10.1. The number of aromatic hydroxyl groups is 1. The van der Waals surface area contributed by atoms with Crippen LogP contribution in [-0.4, -0.2) is 42.3 Å². The molecule has 1 aromatic carbocycles. The molecule has 23 heavy (non-hydrogen) atoms. The number of rotatable bonds is 4. The van der Waals surface area contributed by atoms with Gasteiger partial charge in [-0.25, -0.2) is 0 Å². The Morgan fingerprint density at radius 3 is 2.61 bits per heavy atom. The zero-order valence-corrected chi connectivity index (χ0v) is 12.9. The number of nitrogens with one attached hydrogen (secondary N) is 1. The summed E-state index contributed by atoms with van der Waals surface area (Å²) >= 11 is 0. The van der Waals surface area contributed by atoms with Crippen LogP contribution < -0.4 is 15.6 Å². The van der Waals surface area contributed by atoms with Gasteiger partial charge in [0.25, 0.3) is 11.5 Å². The molecule has 1 amide bonds. The summed E-state index contributed by atoms with van der Waals surface area (Å²) in [5.41, 5.74) is -0.740. The number of aryl methyl sites for hydroxylation is 1. The van der Waals surface area contributed by atoms with E-state index in [-0.39, 0.29) is 5.39 Å². The Kier molecular flexibility index (Phi) is 4.54. The average Bonchev–Trinajstić information content (AvgIpc) is 2.56. The minimum Gasteiger partial charge on any atom is -0.506 e. The molecule has 1 aromatic heterocycles. The molecule has 2 rings (SSSR count). The van der Waals surface area contributed by atoms with Crippen LogP contribution >= 0.6 is 0 Å². The lowest BCUT2D eigenvalue weighted by Gasteiger charge is -2.14. The Labute approximate surface area is 131 Å². The van der Waals surface area contributed by atoms with Gasteiger partial charge in [-0.3, -0.25) is 14.4 Å². The summed E-state index contributed by atoms with van der Waals surface area (Å²) in [6.45, 7) is -0.415. The minimum atomic E-state index is -0.874. The van der Waals surface area contributed by atoms with Gasteiger partial charge in [0.1, 0.15) is 23.6 Å². The van der Waals surface area contributed by atoms with E-state index in [1.807, 2.05) is 0 Å². The first-order valence-corrected chi connectivity index (χ1v) is 6.66. The summed E-state index contributed by atoms with van der Waals surface area (Å²) in [6, 6.07) is 4.88. The van der Waals surface area contributed by atoms with Gasteiger partial charge in [0, 0.05) is 7.05 Å². The van der Waals surface area contributed by atoms with Crippen molar-refractivity contribution in [1.29, 1.82) is 0 Å². The van der Waals surface area contributed by atoms with Crippen molar-refractivity contribution in [3.63, 3.8) is 0 Å². The summed E-state index contributed by atoms with van der Waals surface area (Å²) in [6.07, 6.45) is 0. The summed E-state index contributed by atoms with van der Waals surface area (Å²) in [7, 11) is 4.06. The van der Waals surface area contributed by atoms with Crippen molar-refractivity contribution in [2.45, 2.75) is 0 Å². The van der Waals surface area contributed by atoms with Gasteiger partial charge >= 0.3 is 5.97 Å². The van der Waals surface area contributed by atoms with Crippen LogP contribution in [0.4, 0.5) is 0 Å². The second-order valence-electron chi connectivity index (χ2n) is 4.70. The molecule has 0 saturated heterocycles. The van der Waals surface area contributed by atoms with Crippen molar-refractivity contribution < 1.29 is 24.2 Å². The van der Waals surface area contributed by atoms with Crippen molar-refractivity contribution >= 4 is 22.8 Å². The van der Waals surface area contributed by atoms with E-state index in [1.165, 1.54) is 25.8 Å². The fraction of sp³-hybridized carbons (Fsp3) is 0.267. The first kappa shape index (κ1) is 16.3. The lowest BCUT2D eigenvalue weighted by Crippen LogP contribution is -2.35. The number of carbonyl (C=O) groups excluding carboxylic acids is 2. The van der Waals surface area contributed by atoms with Gasteiger partial charge in [0.15, 0.2) is 0 Å². The number of hydrogen-bond donors (Lipinski definition) is 2. The van der Waals surface area contributed by atoms with E-state index in [9.17, 15) is 19.5 Å². The monoisotopic (exact) mass is 320 g/mol. The summed E-state index contributed by atoms with van der Waals surface area (Å²) < 4.78 is 10.8. The van der Waals surface area contributed by atoms with Crippen LogP contribution in [0.1, 0.15) is 10.4 Å². The number of benzene rings is 1. The van der Waals surface area contributed by atoms with Crippen LogP contribution in [0.15, 0.2) is 23.0 Å². The van der Waals surface area contributed by atoms with Crippen LogP contribution in [-0.2, 0) is 16.6 Å². The van der Waals surface area contributed by atoms with Crippen LogP contribution in [0.3, 0.4) is 0 Å². The topological polar surface area (TPSA) is 107 Å². The molecule has 2 N–H and O–H groups in total. The molecule has 0 radical (unpaired) electrons. The largest absolute Gasteiger partial charge is 0.506 e. The Morgan fingerprint density at radius 1 is 1.30 bits per heavy atom. The standard InChI is InChI=1S/C15H16N2O6/c1-17-8-5-4-6-9(22-2)11(8)13(19)12(15(17)21)14(20)16-7-10(18)23-3/h4-6,19H,7H2,1-3H3,(H,16,20). The SMILES string of the molecule is COC(=O)CNC(=O)c1c(O)c2c(OC)cccc2n(C)c1=O. The predicted molar refractivity (Wildman–Crippen MR) is 81.8 cm³/mol. The number of carbonyl (C=O) groups is 2. The fourth-order valence-corrected chi connectivity index (χ4v) is 2.23. The zero-order chi connectivity index (χ0) is 17.1. The van der Waals surface area contributed by atoms with Gasteiger partial charge in [-0.15, -0.1) is 0 Å². The van der Waals surface area contributed by atoms with Gasteiger partial charge in [-0.05, 0) is 12.1 Å². The number of esters is 1. The number of aromatic nitrogens is 1. The molecule has 0 aliphatic carbocycles. The maximum Gasteiger partial charge on any atom is 0.325 e. The molecular weight excluding hydrogens is 304 g/mol. The number of amides is 1. The first-order chi connectivity index (χ1) is 10.9. The van der Waals surface area contributed by atoms with E-state index >= 15 is 0 Å². The molecule has 0 atom stereocenters. The molecule has 0 spiro atoms. The minimum absolute atomic E-state index is 0.236. The quantitative estimate of drug-likeness (QED) is 0.777. The maximum absolute atomic E-state index is 12.3. The van der Waals surface area contributed by atoms with Gasteiger partial charge in [-0.2, -0.15) is 0 Å². The summed E-state index contributed by atoms with van der Waals surface area (Å²) in [4.78, 5) is 35.6. The summed E-state index contributed by atoms with van der Waals surface area (Å²) in [5.74, 6) is -1.73. The Bertz CT molecular complexity index is 840. The van der Waals surface area contributed by atoms with E-state index < -0.39 is 35.3 Å². The van der Waals surface area contributed by atoms with Crippen LogP contribution in [0.2, 0.25) is 0 Å². The number of fused-ring (bicyclic) bond motifs is 1. The molecule has 0 saturated carbocycles. The third-order valence-corrected chi connectivity index (χ3v) is 3.43. The van der Waals surface area contributed by atoms with E-state index in [0.717, 1.165) is 0 Å². The van der Waals surface area contributed by atoms with Gasteiger partial charge in [0.05, 0.1) is 25.1 Å². The molecule has 122 valence electrons. The van der Waals surface area contributed by atoms with Crippen LogP contribution in [0.25, 0.3) is 10.9 Å². The molecule has 0 aliphatic heterocycles. The Hall–Kier alpha value is -3.03. The number of pyridine rings is 1. The Balaban J connectivity index is 2.63. The maximum atomic E-state index is 12.3. The molecule has 0 aliphatic rings. The number of hydrogen-bond acceptors (Lipinski definition) is 6. The molecular formula is C15H16N2O6.